The van der Waals surface area contributed by atoms with Crippen molar-refractivity contribution in [3.8, 4) is 0 Å². The molecule has 0 radical (unpaired) electrons. The first-order valence-corrected chi connectivity index (χ1v) is 8.40. The highest BCUT2D eigenvalue weighted by atomic mass is 32.2. The molecule has 0 aliphatic rings. The lowest BCUT2D eigenvalue weighted by atomic mass is 9.94. The minimum absolute atomic E-state index is 0.0374. The number of carbonyl (C=O) groups is 1. The molecule has 0 fully saturated rings. The van der Waals surface area contributed by atoms with Gasteiger partial charge in [-0.25, -0.2) is 0 Å². The molecule has 0 aromatic heterocycles. The fourth-order valence-electron chi connectivity index (χ4n) is 1.98. The van der Waals surface area contributed by atoms with E-state index in [2.05, 4.69) is 19.2 Å². The van der Waals surface area contributed by atoms with Gasteiger partial charge in [-0.05, 0) is 30.4 Å². The smallest absolute Gasteiger partial charge is 0.224 e. The van der Waals surface area contributed by atoms with Crippen LogP contribution in [0.1, 0.15) is 38.8 Å². The molecule has 0 aliphatic heterocycles. The number of nitrogens with two attached hydrogens (primary N) is 1. The van der Waals surface area contributed by atoms with E-state index in [-0.39, 0.29) is 23.9 Å². The monoisotopic (exact) mass is 294 g/mol. The average molecular weight is 294 g/mol. The minimum atomic E-state index is -0.256. The van der Waals surface area contributed by atoms with Crippen LogP contribution in [-0.2, 0) is 4.79 Å². The molecule has 0 bridgehead atoms. The van der Waals surface area contributed by atoms with Gasteiger partial charge < -0.3 is 11.1 Å². The van der Waals surface area contributed by atoms with Gasteiger partial charge >= 0.3 is 0 Å². The van der Waals surface area contributed by atoms with Crippen molar-refractivity contribution in [2.24, 2.45) is 11.7 Å². The Morgan fingerprint density at radius 2 is 1.95 bits per heavy atom. The molecule has 0 saturated carbocycles. The third-order valence-corrected chi connectivity index (χ3v) is 4.36. The summed E-state index contributed by atoms with van der Waals surface area (Å²) >= 11 is 1.90. The first kappa shape index (κ1) is 17.1. The lowest BCUT2D eigenvalue weighted by Gasteiger charge is -2.22. The van der Waals surface area contributed by atoms with Gasteiger partial charge in [0.15, 0.2) is 0 Å². The summed E-state index contributed by atoms with van der Waals surface area (Å²) in [6, 6.07) is 9.73. The number of hydrogen-bond acceptors (Lipinski definition) is 3. The number of amides is 1. The molecule has 0 aliphatic carbocycles. The van der Waals surface area contributed by atoms with Gasteiger partial charge in [0.1, 0.15) is 0 Å². The predicted octanol–water partition coefficient (Wildman–Crippen LogP) is 2.97. The zero-order valence-electron chi connectivity index (χ0n) is 12.6. The molecule has 20 heavy (non-hydrogen) atoms. The summed E-state index contributed by atoms with van der Waals surface area (Å²) in [5, 5.41) is 3.06. The molecule has 3 unspecified atom stereocenters. The van der Waals surface area contributed by atoms with Crippen molar-refractivity contribution in [2.45, 2.75) is 39.3 Å². The van der Waals surface area contributed by atoms with Crippen molar-refractivity contribution in [1.82, 2.24) is 5.32 Å². The molecule has 1 aromatic carbocycles. The van der Waals surface area contributed by atoms with E-state index in [9.17, 15) is 4.79 Å². The molecule has 1 rings (SSSR count). The highest BCUT2D eigenvalue weighted by Crippen LogP contribution is 2.19. The number of nitrogens with one attached hydrogen (secondary N) is 1. The van der Waals surface area contributed by atoms with Gasteiger partial charge in [0, 0.05) is 12.1 Å². The first-order valence-electron chi connectivity index (χ1n) is 7.24. The fraction of sp³-hybridized carbons (Fsp3) is 0.562. The molecular formula is C16H26N2OS. The molecule has 3 N–H and O–H groups in total. The zero-order chi connectivity index (χ0) is 15.0. The summed E-state index contributed by atoms with van der Waals surface area (Å²) in [4.78, 5) is 12.2. The van der Waals surface area contributed by atoms with Crippen LogP contribution < -0.4 is 11.1 Å². The van der Waals surface area contributed by atoms with Crippen LogP contribution >= 0.6 is 11.8 Å². The van der Waals surface area contributed by atoms with E-state index in [0.29, 0.717) is 0 Å². The molecule has 0 heterocycles. The minimum Gasteiger partial charge on any atom is -0.353 e. The summed E-state index contributed by atoms with van der Waals surface area (Å²) in [7, 11) is 0. The van der Waals surface area contributed by atoms with Crippen LogP contribution in [-0.4, -0.2) is 23.5 Å². The fourth-order valence-corrected chi connectivity index (χ4v) is 2.79. The number of benzene rings is 1. The Kier molecular flexibility index (Phi) is 7.70. The van der Waals surface area contributed by atoms with Gasteiger partial charge in [-0.1, -0.05) is 44.2 Å². The van der Waals surface area contributed by atoms with E-state index in [4.69, 9.17) is 5.73 Å². The van der Waals surface area contributed by atoms with E-state index in [0.717, 1.165) is 23.5 Å². The summed E-state index contributed by atoms with van der Waals surface area (Å²) in [6.07, 6.45) is 0.998. The number of rotatable bonds is 8. The van der Waals surface area contributed by atoms with E-state index in [1.807, 2.05) is 49.0 Å². The molecule has 3 atom stereocenters. The predicted molar refractivity (Wildman–Crippen MR) is 87.8 cm³/mol. The molecule has 1 aromatic rings. The molecule has 3 nitrogen and oxygen atoms in total. The Morgan fingerprint density at radius 3 is 2.55 bits per heavy atom. The lowest BCUT2D eigenvalue weighted by molar-refractivity contribution is -0.125. The Morgan fingerprint density at radius 1 is 1.30 bits per heavy atom. The molecule has 4 heteroatoms. The van der Waals surface area contributed by atoms with E-state index in [1.165, 1.54) is 0 Å². The number of hydrogen-bond donors (Lipinski definition) is 2. The Labute approximate surface area is 126 Å². The van der Waals surface area contributed by atoms with E-state index < -0.39 is 0 Å². The van der Waals surface area contributed by atoms with Crippen LogP contribution in [0.15, 0.2) is 30.3 Å². The maximum Gasteiger partial charge on any atom is 0.224 e. The van der Waals surface area contributed by atoms with Crippen molar-refractivity contribution in [1.29, 1.82) is 0 Å². The quantitative estimate of drug-likeness (QED) is 0.725. The van der Waals surface area contributed by atoms with Crippen LogP contribution in [0, 0.1) is 5.92 Å². The lowest BCUT2D eigenvalue weighted by Crippen LogP contribution is -2.40. The van der Waals surface area contributed by atoms with Crippen molar-refractivity contribution in [2.75, 3.05) is 11.5 Å². The third kappa shape index (κ3) is 5.55. The number of thioether (sulfide) groups is 1. The van der Waals surface area contributed by atoms with Crippen LogP contribution in [0.4, 0.5) is 0 Å². The largest absolute Gasteiger partial charge is 0.353 e. The summed E-state index contributed by atoms with van der Waals surface area (Å²) in [5.74, 6) is 2.02. The van der Waals surface area contributed by atoms with Gasteiger partial charge in [0.25, 0.3) is 0 Å². The van der Waals surface area contributed by atoms with Crippen LogP contribution in [0.5, 0.6) is 0 Å². The maximum atomic E-state index is 12.2. The van der Waals surface area contributed by atoms with Crippen molar-refractivity contribution in [3.63, 3.8) is 0 Å². The number of carbonyl (C=O) groups excluding carboxylic acids is 1. The Hall–Kier alpha value is -1.00. The van der Waals surface area contributed by atoms with Crippen LogP contribution in [0.3, 0.4) is 0 Å². The summed E-state index contributed by atoms with van der Waals surface area (Å²) in [6.45, 7) is 6.09. The van der Waals surface area contributed by atoms with E-state index in [1.54, 1.807) is 0 Å². The third-order valence-electron chi connectivity index (χ3n) is 3.42. The van der Waals surface area contributed by atoms with Gasteiger partial charge in [-0.3, -0.25) is 4.79 Å². The van der Waals surface area contributed by atoms with Gasteiger partial charge in [-0.2, -0.15) is 11.8 Å². The molecule has 0 spiro atoms. The average Bonchev–Trinajstić information content (AvgIpc) is 2.46. The van der Waals surface area contributed by atoms with Crippen molar-refractivity contribution >= 4 is 17.7 Å². The molecule has 0 saturated heterocycles. The normalized spacial score (nSPS) is 15.4. The van der Waals surface area contributed by atoms with Crippen molar-refractivity contribution in [3.05, 3.63) is 35.9 Å². The molecular weight excluding hydrogens is 268 g/mol. The highest BCUT2D eigenvalue weighted by molar-refractivity contribution is 7.99. The summed E-state index contributed by atoms with van der Waals surface area (Å²) < 4.78 is 0. The zero-order valence-corrected chi connectivity index (χ0v) is 13.5. The topological polar surface area (TPSA) is 55.1 Å². The standard InChI is InChI=1S/C16H26N2OS/c1-4-20-11-10-12(2)18-16(19)13(3)15(17)14-8-6-5-7-9-14/h5-9,12-13,15H,4,10-11,17H2,1-3H3,(H,18,19). The maximum absolute atomic E-state index is 12.2. The second kappa shape index (κ2) is 9.03. The Balaban J connectivity index is 2.46. The Bertz CT molecular complexity index is 397. The van der Waals surface area contributed by atoms with Crippen molar-refractivity contribution < 1.29 is 4.79 Å². The van der Waals surface area contributed by atoms with Gasteiger partial charge in [0.2, 0.25) is 5.91 Å². The van der Waals surface area contributed by atoms with Crippen LogP contribution in [0.25, 0.3) is 0 Å². The highest BCUT2D eigenvalue weighted by Gasteiger charge is 2.22. The molecule has 112 valence electrons. The SMILES string of the molecule is CCSCCC(C)NC(=O)C(C)C(N)c1ccccc1. The molecule has 1 amide bonds. The second-order valence-electron chi connectivity index (χ2n) is 5.12. The van der Waals surface area contributed by atoms with Crippen LogP contribution in [0.2, 0.25) is 0 Å². The van der Waals surface area contributed by atoms with Gasteiger partial charge in [0.05, 0.1) is 5.92 Å². The second-order valence-corrected chi connectivity index (χ2v) is 6.51. The summed E-state index contributed by atoms with van der Waals surface area (Å²) in [5.41, 5.74) is 7.18. The van der Waals surface area contributed by atoms with E-state index >= 15 is 0 Å². The van der Waals surface area contributed by atoms with Gasteiger partial charge in [-0.15, -0.1) is 0 Å². The first-order chi connectivity index (χ1) is 9.56.